The van der Waals surface area contributed by atoms with Crippen molar-refractivity contribution in [2.24, 2.45) is 4.40 Å². The lowest BCUT2D eigenvalue weighted by molar-refractivity contribution is -0.119. The van der Waals surface area contributed by atoms with E-state index >= 15 is 0 Å². The van der Waals surface area contributed by atoms with Gasteiger partial charge in [0.1, 0.15) is 0 Å². The Balaban J connectivity index is 2.99. The third-order valence-corrected chi connectivity index (χ3v) is 1.96. The highest BCUT2D eigenvalue weighted by atomic mass is 35.7. The van der Waals surface area contributed by atoms with Crippen molar-refractivity contribution in [3.8, 4) is 0 Å². The first-order valence-electron chi connectivity index (χ1n) is 3.01. The minimum atomic E-state index is -0.435. The van der Waals surface area contributed by atoms with Crippen LogP contribution in [0.2, 0.25) is 0 Å². The smallest absolute Gasteiger partial charge is 0.276 e. The van der Waals surface area contributed by atoms with Crippen LogP contribution in [-0.2, 0) is 4.79 Å². The van der Waals surface area contributed by atoms with Gasteiger partial charge in [-0.1, -0.05) is 0 Å². The molecule has 66 valence electrons. The molecule has 0 spiro atoms. The number of imide groups is 1. The van der Waals surface area contributed by atoms with E-state index in [4.69, 9.17) is 10.7 Å². The maximum Gasteiger partial charge on any atom is 0.332 e. The third kappa shape index (κ3) is 1.27. The number of hydrogen-bond donors (Lipinski definition) is 0. The molecule has 0 aromatic carbocycles. The summed E-state index contributed by atoms with van der Waals surface area (Å²) < 4.78 is 3.60. The predicted octanol–water partition coefficient (Wildman–Crippen LogP) is 0.711. The molecule has 0 unspecified atom stereocenters. The van der Waals surface area contributed by atoms with Crippen molar-refractivity contribution in [1.82, 2.24) is 9.80 Å². The van der Waals surface area contributed by atoms with Crippen LogP contribution >= 0.6 is 21.8 Å². The second kappa shape index (κ2) is 3.32. The number of urea groups is 1. The normalized spacial score (nSPS) is 21.4. The number of rotatable bonds is 1. The molecule has 0 radical (unpaired) electrons. The van der Waals surface area contributed by atoms with Gasteiger partial charge in [-0.25, -0.2) is 4.79 Å². The Morgan fingerprint density at radius 2 is 1.92 bits per heavy atom. The molecule has 0 aliphatic carbocycles. The van der Waals surface area contributed by atoms with Crippen LogP contribution in [0.3, 0.4) is 0 Å². The fourth-order valence-corrected chi connectivity index (χ4v) is 1.29. The first-order chi connectivity index (χ1) is 5.59. The van der Waals surface area contributed by atoms with Gasteiger partial charge in [0, 0.05) is 14.1 Å². The number of amides is 3. The van der Waals surface area contributed by atoms with Crippen molar-refractivity contribution in [1.29, 1.82) is 0 Å². The van der Waals surface area contributed by atoms with E-state index in [2.05, 4.69) is 4.40 Å². The molecule has 0 saturated carbocycles. The molecule has 1 aliphatic heterocycles. The average Bonchev–Trinajstić information content (AvgIpc) is 2.23. The van der Waals surface area contributed by atoms with Crippen LogP contribution in [0.5, 0.6) is 0 Å². The van der Waals surface area contributed by atoms with E-state index in [1.807, 2.05) is 0 Å². The Labute approximate surface area is 78.0 Å². The van der Waals surface area contributed by atoms with E-state index in [1.165, 1.54) is 14.1 Å². The van der Waals surface area contributed by atoms with E-state index in [0.717, 1.165) is 9.80 Å². The quantitative estimate of drug-likeness (QED) is 0.470. The molecule has 0 aromatic rings. The van der Waals surface area contributed by atoms with Crippen molar-refractivity contribution in [2.45, 2.75) is 0 Å². The summed E-state index contributed by atoms with van der Waals surface area (Å²) in [5.74, 6) is -0.377. The van der Waals surface area contributed by atoms with E-state index in [9.17, 15) is 9.59 Å². The van der Waals surface area contributed by atoms with Gasteiger partial charge >= 0.3 is 6.03 Å². The summed E-state index contributed by atoms with van der Waals surface area (Å²) >= 11 is 0.629. The van der Waals surface area contributed by atoms with Gasteiger partial charge in [0.25, 0.3) is 5.91 Å². The molecule has 0 aromatic heterocycles. The fraction of sp³-hybridized carbons (Fsp3) is 0.400. The van der Waals surface area contributed by atoms with Crippen molar-refractivity contribution >= 4 is 39.6 Å². The topological polar surface area (TPSA) is 53.0 Å². The maximum atomic E-state index is 11.2. The molecule has 5 nitrogen and oxygen atoms in total. The SMILES string of the molecule is CN1C(=O)C(=NSCl)N(C)C1=O. The Hall–Kier alpha value is -0.750. The molecule has 1 aliphatic rings. The van der Waals surface area contributed by atoms with E-state index < -0.39 is 11.9 Å². The molecule has 1 fully saturated rings. The number of carbonyl (C=O) groups is 2. The predicted molar refractivity (Wildman–Crippen MR) is 46.8 cm³/mol. The van der Waals surface area contributed by atoms with Crippen LogP contribution in [0.15, 0.2) is 4.40 Å². The molecular formula is C5H6ClN3O2S. The molecule has 1 rings (SSSR count). The van der Waals surface area contributed by atoms with Crippen LogP contribution in [-0.4, -0.2) is 41.7 Å². The van der Waals surface area contributed by atoms with Crippen LogP contribution in [0, 0.1) is 0 Å². The highest BCUT2D eigenvalue weighted by molar-refractivity contribution is 8.20. The average molecular weight is 208 g/mol. The first-order valence-corrected chi connectivity index (χ1v) is 4.61. The van der Waals surface area contributed by atoms with Gasteiger partial charge in [-0.15, -0.1) is 0 Å². The minimum Gasteiger partial charge on any atom is -0.276 e. The summed E-state index contributed by atoms with van der Waals surface area (Å²) in [5, 5.41) is 0. The minimum absolute atomic E-state index is 0.0579. The number of nitrogens with zero attached hydrogens (tertiary/aromatic N) is 3. The van der Waals surface area contributed by atoms with Crippen molar-refractivity contribution < 1.29 is 9.59 Å². The van der Waals surface area contributed by atoms with Gasteiger partial charge in [-0.2, -0.15) is 4.40 Å². The molecule has 12 heavy (non-hydrogen) atoms. The number of halogens is 1. The summed E-state index contributed by atoms with van der Waals surface area (Å²) in [7, 11) is 8.09. The van der Waals surface area contributed by atoms with Gasteiger partial charge in [-0.3, -0.25) is 14.6 Å². The monoisotopic (exact) mass is 207 g/mol. The second-order valence-corrected chi connectivity index (χ2v) is 2.92. The fourth-order valence-electron chi connectivity index (χ4n) is 0.829. The molecule has 1 saturated heterocycles. The summed E-state index contributed by atoms with van der Waals surface area (Å²) in [6.07, 6.45) is 0. The van der Waals surface area contributed by atoms with Gasteiger partial charge in [0.2, 0.25) is 5.84 Å². The van der Waals surface area contributed by atoms with Gasteiger partial charge in [0.05, 0.1) is 11.2 Å². The maximum absolute atomic E-state index is 11.2. The molecule has 1 heterocycles. The lowest BCUT2D eigenvalue weighted by Gasteiger charge is -2.05. The molecule has 0 bridgehead atoms. The largest absolute Gasteiger partial charge is 0.332 e. The number of amidine groups is 1. The summed E-state index contributed by atoms with van der Waals surface area (Å²) in [6, 6.07) is -0.399. The summed E-state index contributed by atoms with van der Waals surface area (Å²) in [6.45, 7) is 0. The van der Waals surface area contributed by atoms with Crippen molar-refractivity contribution in [2.75, 3.05) is 14.1 Å². The number of carbonyl (C=O) groups excluding carboxylic acids is 2. The van der Waals surface area contributed by atoms with Crippen LogP contribution in [0.1, 0.15) is 0 Å². The molecule has 7 heteroatoms. The standard InChI is InChI=1S/C5H6ClN3O2S/c1-8-3(7-12-6)4(10)9(2)5(8)11/h1-2H3. The molecule has 3 amide bonds. The Morgan fingerprint density at radius 3 is 2.25 bits per heavy atom. The Morgan fingerprint density at radius 1 is 1.33 bits per heavy atom. The van der Waals surface area contributed by atoms with Gasteiger partial charge < -0.3 is 0 Å². The molecule has 0 N–H and O–H groups in total. The Kier molecular flexibility index (Phi) is 2.58. The number of hydrogen-bond acceptors (Lipinski definition) is 4. The highest BCUT2D eigenvalue weighted by Gasteiger charge is 2.37. The highest BCUT2D eigenvalue weighted by Crippen LogP contribution is 2.14. The van der Waals surface area contributed by atoms with Gasteiger partial charge in [-0.05, 0) is 10.7 Å². The van der Waals surface area contributed by atoms with E-state index in [1.54, 1.807) is 0 Å². The summed E-state index contributed by atoms with van der Waals surface area (Å²) in [5.41, 5.74) is 0. The van der Waals surface area contributed by atoms with E-state index in [-0.39, 0.29) is 5.84 Å². The van der Waals surface area contributed by atoms with Crippen LogP contribution in [0.25, 0.3) is 0 Å². The lowest BCUT2D eigenvalue weighted by Crippen LogP contribution is -2.27. The zero-order valence-electron chi connectivity index (χ0n) is 6.44. The zero-order valence-corrected chi connectivity index (χ0v) is 8.02. The first kappa shape index (κ1) is 9.34. The van der Waals surface area contributed by atoms with Crippen molar-refractivity contribution in [3.63, 3.8) is 0 Å². The zero-order chi connectivity index (χ0) is 9.30. The second-order valence-electron chi connectivity index (χ2n) is 2.19. The molecule has 0 atom stereocenters. The lowest BCUT2D eigenvalue weighted by atomic mass is 10.5. The Bertz CT molecular complexity index is 267. The van der Waals surface area contributed by atoms with E-state index in [0.29, 0.717) is 11.2 Å². The summed E-state index contributed by atoms with van der Waals surface area (Å²) in [4.78, 5) is 24.4. The molecular weight excluding hydrogens is 202 g/mol. The number of likely N-dealkylation sites (N-methyl/N-ethyl adjacent to an activating group) is 2. The van der Waals surface area contributed by atoms with Crippen molar-refractivity contribution in [3.05, 3.63) is 0 Å². The third-order valence-electron chi connectivity index (χ3n) is 1.51. The van der Waals surface area contributed by atoms with Crippen LogP contribution in [0.4, 0.5) is 4.79 Å². The van der Waals surface area contributed by atoms with Crippen LogP contribution < -0.4 is 0 Å². The van der Waals surface area contributed by atoms with Gasteiger partial charge in [0.15, 0.2) is 0 Å².